The minimum absolute atomic E-state index is 0.408. The minimum atomic E-state index is -4.36. The molecular weight excluding hydrogens is 461 g/mol. The summed E-state index contributed by atoms with van der Waals surface area (Å²) in [6.07, 6.45) is -2.95. The van der Waals surface area contributed by atoms with E-state index in [0.717, 1.165) is 37.9 Å². The van der Waals surface area contributed by atoms with E-state index in [0.29, 0.717) is 29.2 Å². The van der Waals surface area contributed by atoms with Gasteiger partial charge in [-0.2, -0.15) is 13.2 Å². The number of benzene rings is 2. The van der Waals surface area contributed by atoms with Gasteiger partial charge in [0, 0.05) is 22.9 Å². The number of rotatable bonds is 7. The molecule has 0 bridgehead atoms. The van der Waals surface area contributed by atoms with E-state index in [9.17, 15) is 18.0 Å². The van der Waals surface area contributed by atoms with Crippen molar-refractivity contribution >= 4 is 38.9 Å². The molecule has 10 heteroatoms. The summed E-state index contributed by atoms with van der Waals surface area (Å²) in [6.45, 7) is 1.48. The maximum absolute atomic E-state index is 12.8. The van der Waals surface area contributed by atoms with Crippen LogP contribution in [0.15, 0.2) is 42.5 Å². The first-order valence-corrected chi connectivity index (χ1v) is 11.2. The molecule has 0 radical (unpaired) electrons. The van der Waals surface area contributed by atoms with Crippen molar-refractivity contribution in [1.29, 1.82) is 0 Å². The van der Waals surface area contributed by atoms with Gasteiger partial charge in [0.1, 0.15) is 10.8 Å². The van der Waals surface area contributed by atoms with E-state index in [1.807, 2.05) is 13.0 Å². The van der Waals surface area contributed by atoms with Gasteiger partial charge >= 0.3 is 12.1 Å². The summed E-state index contributed by atoms with van der Waals surface area (Å²) in [5.41, 5.74) is 1.59. The number of carboxylic acid groups (broad SMARTS) is 1. The van der Waals surface area contributed by atoms with Crippen LogP contribution in [0.3, 0.4) is 0 Å². The summed E-state index contributed by atoms with van der Waals surface area (Å²) < 4.78 is 44.5. The van der Waals surface area contributed by atoms with Gasteiger partial charge in [0.15, 0.2) is 6.61 Å². The highest BCUT2D eigenvalue weighted by Crippen LogP contribution is 2.34. The third-order valence-corrected chi connectivity index (χ3v) is 7.05. The highest BCUT2D eigenvalue weighted by molar-refractivity contribution is 7.18. The molecule has 166 valence electrons. The number of carbonyl (C=O) groups is 1. The molecule has 0 unspecified atom stereocenters. The molecule has 0 atom stereocenters. The average molecular weight is 479 g/mol. The number of ether oxygens (including phenoxy) is 1. The number of aliphatic carboxylic acids is 1. The number of nitrogens with zero attached hydrogens (tertiary/aromatic N) is 2. The Morgan fingerprint density at radius 2 is 1.81 bits per heavy atom. The van der Waals surface area contributed by atoms with Crippen molar-refractivity contribution in [3.8, 4) is 16.3 Å². The van der Waals surface area contributed by atoms with Crippen LogP contribution in [0.5, 0.6) is 5.75 Å². The van der Waals surface area contributed by atoms with Crippen LogP contribution in [-0.4, -0.2) is 27.7 Å². The molecule has 0 saturated carbocycles. The van der Waals surface area contributed by atoms with Crippen LogP contribution < -0.4 is 4.74 Å². The number of thiazole rings is 2. The quantitative estimate of drug-likeness (QED) is 0.353. The number of halogens is 3. The molecule has 0 fully saturated rings. The second-order valence-corrected chi connectivity index (χ2v) is 9.22. The largest absolute Gasteiger partial charge is 0.482 e. The van der Waals surface area contributed by atoms with Crippen LogP contribution in [-0.2, 0) is 23.8 Å². The van der Waals surface area contributed by atoms with Gasteiger partial charge in [-0.15, -0.1) is 22.7 Å². The molecule has 0 aliphatic carbocycles. The zero-order chi connectivity index (χ0) is 22.9. The Bertz CT molecular complexity index is 1260. The second kappa shape index (κ2) is 8.87. The summed E-state index contributed by atoms with van der Waals surface area (Å²) in [5.74, 6) is -0.587. The molecule has 4 aromatic rings. The monoisotopic (exact) mass is 478 g/mol. The first kappa shape index (κ1) is 22.2. The lowest BCUT2D eigenvalue weighted by molar-refractivity contribution is -0.139. The summed E-state index contributed by atoms with van der Waals surface area (Å²) in [4.78, 5) is 20.8. The molecule has 0 aliphatic heterocycles. The Kier molecular flexibility index (Phi) is 6.16. The van der Waals surface area contributed by atoms with E-state index in [1.54, 1.807) is 23.5 Å². The molecule has 0 saturated heterocycles. The van der Waals surface area contributed by atoms with Crippen molar-refractivity contribution in [2.24, 2.45) is 0 Å². The van der Waals surface area contributed by atoms with E-state index >= 15 is 0 Å². The number of aromatic nitrogens is 2. The topological polar surface area (TPSA) is 72.3 Å². The zero-order valence-electron chi connectivity index (χ0n) is 16.8. The lowest BCUT2D eigenvalue weighted by Gasteiger charge is -2.06. The fourth-order valence-corrected chi connectivity index (χ4v) is 5.12. The van der Waals surface area contributed by atoms with Gasteiger partial charge in [0.25, 0.3) is 0 Å². The molecule has 0 amide bonds. The molecule has 1 N–H and O–H groups in total. The Labute approximate surface area is 189 Å². The summed E-state index contributed by atoms with van der Waals surface area (Å²) in [5, 5.41) is 10.3. The van der Waals surface area contributed by atoms with Gasteiger partial charge in [-0.3, -0.25) is 0 Å². The van der Waals surface area contributed by atoms with E-state index < -0.39 is 24.3 Å². The first-order chi connectivity index (χ1) is 15.2. The molecule has 4 rings (SSSR count). The number of hydrogen-bond donors (Lipinski definition) is 1. The Hall–Kier alpha value is -2.98. The lowest BCUT2D eigenvalue weighted by atomic mass is 10.1. The minimum Gasteiger partial charge on any atom is -0.482 e. The fourth-order valence-electron chi connectivity index (χ4n) is 3.10. The van der Waals surface area contributed by atoms with Gasteiger partial charge in [-0.05, 0) is 37.6 Å². The summed E-state index contributed by atoms with van der Waals surface area (Å²) in [7, 11) is 0. The maximum atomic E-state index is 12.8. The maximum Gasteiger partial charge on any atom is 0.416 e. The van der Waals surface area contributed by atoms with E-state index in [1.165, 1.54) is 23.5 Å². The highest BCUT2D eigenvalue weighted by Gasteiger charge is 2.30. The number of hydrogen-bond acceptors (Lipinski definition) is 6. The molecule has 5 nitrogen and oxygen atoms in total. The van der Waals surface area contributed by atoms with Crippen molar-refractivity contribution in [3.05, 3.63) is 63.6 Å². The van der Waals surface area contributed by atoms with Crippen molar-refractivity contribution in [2.75, 3.05) is 6.61 Å². The normalized spacial score (nSPS) is 11.8. The summed E-state index contributed by atoms with van der Waals surface area (Å²) >= 11 is 3.03. The average Bonchev–Trinajstić information content (AvgIpc) is 3.32. The van der Waals surface area contributed by atoms with Crippen LogP contribution in [0.2, 0.25) is 0 Å². The zero-order valence-corrected chi connectivity index (χ0v) is 18.4. The molecular formula is C22H17F3N2O3S2. The van der Waals surface area contributed by atoms with Gasteiger partial charge in [0.2, 0.25) is 0 Å². The number of alkyl halides is 3. The third-order valence-electron chi connectivity index (χ3n) is 4.68. The summed E-state index contributed by atoms with van der Waals surface area (Å²) in [6, 6.07) is 10.3. The van der Waals surface area contributed by atoms with Crippen molar-refractivity contribution in [3.63, 3.8) is 0 Å². The molecule has 0 spiro atoms. The van der Waals surface area contributed by atoms with Crippen LogP contribution in [0.1, 0.15) is 21.1 Å². The third kappa shape index (κ3) is 5.08. The SMILES string of the molecule is Cc1nc(-c2ccc(C(F)(F)F)cc2)sc1CCc1nc2cc(OCC(=O)O)ccc2s1. The van der Waals surface area contributed by atoms with E-state index in [-0.39, 0.29) is 0 Å². The Balaban J connectivity index is 1.45. The van der Waals surface area contributed by atoms with Crippen LogP contribution in [0.25, 0.3) is 20.8 Å². The molecule has 32 heavy (non-hydrogen) atoms. The first-order valence-electron chi connectivity index (χ1n) is 9.57. The molecule has 2 aromatic carbocycles. The Morgan fingerprint density at radius 3 is 2.50 bits per heavy atom. The standard InChI is InChI=1S/C22H17F3N2O3S2/c1-12-17(32-21(26-12)13-2-4-14(5-3-13)22(23,24)25)8-9-19-27-16-10-15(30-11-20(28)29)6-7-18(16)31-19/h2-7,10H,8-9,11H2,1H3,(H,28,29). The van der Waals surface area contributed by atoms with E-state index in [2.05, 4.69) is 9.97 Å². The molecule has 2 heterocycles. The smallest absolute Gasteiger partial charge is 0.416 e. The molecule has 0 aliphatic rings. The predicted molar refractivity (Wildman–Crippen MR) is 117 cm³/mol. The van der Waals surface area contributed by atoms with Crippen LogP contribution >= 0.6 is 22.7 Å². The van der Waals surface area contributed by atoms with Crippen molar-refractivity contribution in [1.82, 2.24) is 9.97 Å². The fraction of sp³-hybridized carbons (Fsp3) is 0.227. The van der Waals surface area contributed by atoms with Gasteiger partial charge in [-0.1, -0.05) is 12.1 Å². The Morgan fingerprint density at radius 1 is 1.06 bits per heavy atom. The lowest BCUT2D eigenvalue weighted by Crippen LogP contribution is -2.09. The number of carboxylic acids is 1. The van der Waals surface area contributed by atoms with Gasteiger partial charge in [0.05, 0.1) is 26.5 Å². The second-order valence-electron chi connectivity index (χ2n) is 7.02. The molecule has 2 aromatic heterocycles. The van der Waals surface area contributed by atoms with Crippen molar-refractivity contribution < 1.29 is 27.8 Å². The van der Waals surface area contributed by atoms with Crippen LogP contribution in [0.4, 0.5) is 13.2 Å². The highest BCUT2D eigenvalue weighted by atomic mass is 32.1. The van der Waals surface area contributed by atoms with Crippen LogP contribution in [0, 0.1) is 6.92 Å². The van der Waals surface area contributed by atoms with E-state index in [4.69, 9.17) is 9.84 Å². The predicted octanol–water partition coefficient (Wildman–Crippen LogP) is 6.00. The van der Waals surface area contributed by atoms with Crippen molar-refractivity contribution in [2.45, 2.75) is 25.9 Å². The number of fused-ring (bicyclic) bond motifs is 1. The van der Waals surface area contributed by atoms with Gasteiger partial charge < -0.3 is 9.84 Å². The number of aryl methyl sites for hydroxylation is 3. The van der Waals surface area contributed by atoms with Gasteiger partial charge in [-0.25, -0.2) is 14.8 Å².